The third-order valence-corrected chi connectivity index (χ3v) is 2.47. The molecule has 0 aliphatic carbocycles. The number of rotatable bonds is 4. The minimum Gasteiger partial charge on any atom is -0.399 e. The maximum absolute atomic E-state index is 7.93. The highest BCUT2D eigenvalue weighted by atomic mass is 32.2. The van der Waals surface area contributed by atoms with E-state index in [-0.39, 0.29) is 0 Å². The average Bonchev–Trinajstić information content (AvgIpc) is 2.33. The molecule has 17 heavy (non-hydrogen) atoms. The predicted molar refractivity (Wildman–Crippen MR) is 68.8 cm³/mol. The third kappa shape index (κ3) is 4.17. The van der Waals surface area contributed by atoms with Crippen molar-refractivity contribution >= 4 is 23.4 Å². The van der Waals surface area contributed by atoms with Gasteiger partial charge in [0.05, 0.1) is 0 Å². The summed E-state index contributed by atoms with van der Waals surface area (Å²) in [5.74, 6) is 0. The van der Waals surface area contributed by atoms with Crippen molar-refractivity contribution < 1.29 is 14.6 Å². The first-order valence-corrected chi connectivity index (χ1v) is 5.71. The highest BCUT2D eigenvalue weighted by Gasteiger charge is 2.02. The normalized spacial score (nSPS) is 9.59. The minimum atomic E-state index is 0.699. The Hall–Kier alpha value is -1.39. The summed E-state index contributed by atoms with van der Waals surface area (Å²) in [6.07, 6.45) is 0. The second-order valence-electron chi connectivity index (χ2n) is 3.22. The molecule has 5 nitrogen and oxygen atoms in total. The summed E-state index contributed by atoms with van der Waals surface area (Å²) in [4.78, 5) is 1.83. The van der Waals surface area contributed by atoms with Gasteiger partial charge < -0.3 is 10.6 Å². The summed E-state index contributed by atoms with van der Waals surface area (Å²) in [5, 5.41) is 14.0. The lowest BCUT2D eigenvalue weighted by Gasteiger charge is -2.16. The maximum Gasteiger partial charge on any atom is 0.126 e. The second-order valence-corrected chi connectivity index (χ2v) is 3.73. The highest BCUT2D eigenvalue weighted by molar-refractivity contribution is 7.99. The molecule has 0 amide bonds. The zero-order chi connectivity index (χ0) is 12.7. The van der Waals surface area contributed by atoms with E-state index in [2.05, 4.69) is 20.7 Å². The Bertz CT molecular complexity index is 428. The fourth-order valence-corrected chi connectivity index (χ4v) is 1.47. The molecule has 0 unspecified atom stereocenters. The lowest BCUT2D eigenvalue weighted by Crippen LogP contribution is -2.15. The van der Waals surface area contributed by atoms with E-state index in [9.17, 15) is 0 Å². The number of nitrogens with zero attached hydrogens (tertiary/aromatic N) is 1. The van der Waals surface area contributed by atoms with Crippen LogP contribution in [0.3, 0.4) is 0 Å². The molecule has 92 valence electrons. The number of nitrogens with two attached hydrogens (primary N) is 1. The van der Waals surface area contributed by atoms with Crippen LogP contribution in [0.5, 0.6) is 0 Å². The molecular formula is C11H14N2O3S. The van der Waals surface area contributed by atoms with E-state index in [0.29, 0.717) is 12.0 Å². The molecule has 0 radical (unpaired) electrons. The molecule has 0 atom stereocenters. The van der Waals surface area contributed by atoms with Gasteiger partial charge in [-0.2, -0.15) is 0 Å². The van der Waals surface area contributed by atoms with Crippen LogP contribution in [-0.2, 0) is 9.37 Å². The monoisotopic (exact) mass is 254 g/mol. The summed E-state index contributed by atoms with van der Waals surface area (Å²) in [7, 11) is 0. The lowest BCUT2D eigenvalue weighted by molar-refractivity contribution is -0.431. The summed E-state index contributed by atoms with van der Waals surface area (Å²) < 4.78 is 4.16. The number of benzene rings is 1. The molecule has 1 aromatic rings. The van der Waals surface area contributed by atoms with Gasteiger partial charge in [0.2, 0.25) is 0 Å². The molecule has 0 fully saturated rings. The van der Waals surface area contributed by atoms with Gasteiger partial charge >= 0.3 is 0 Å². The van der Waals surface area contributed by atoms with Crippen LogP contribution in [0.1, 0.15) is 12.5 Å². The quantitative estimate of drug-likeness (QED) is 0.163. The van der Waals surface area contributed by atoms with Crippen LogP contribution in [0.15, 0.2) is 18.2 Å². The average molecular weight is 254 g/mol. The van der Waals surface area contributed by atoms with Gasteiger partial charge in [-0.25, -0.2) is 5.26 Å². The SMILES string of the molecule is CCN(C#CSOOO)c1ccc(N)c(C)c1. The van der Waals surface area contributed by atoms with Gasteiger partial charge in [-0.1, -0.05) is 5.04 Å². The molecule has 6 heteroatoms. The Morgan fingerprint density at radius 2 is 2.29 bits per heavy atom. The lowest BCUT2D eigenvalue weighted by atomic mass is 10.2. The van der Waals surface area contributed by atoms with Crippen LogP contribution in [0.2, 0.25) is 0 Å². The molecule has 1 aromatic carbocycles. The molecule has 1 rings (SSSR count). The zero-order valence-corrected chi connectivity index (χ0v) is 10.5. The summed E-state index contributed by atoms with van der Waals surface area (Å²) in [5.41, 5.74) is 8.46. The van der Waals surface area contributed by atoms with Crippen LogP contribution >= 0.6 is 12.0 Å². The van der Waals surface area contributed by atoms with Crippen molar-refractivity contribution in [2.24, 2.45) is 0 Å². The van der Waals surface area contributed by atoms with Crippen LogP contribution < -0.4 is 10.6 Å². The molecule has 0 spiro atoms. The molecule has 3 N–H and O–H groups in total. The fourth-order valence-electron chi connectivity index (χ4n) is 1.26. The van der Waals surface area contributed by atoms with Crippen molar-refractivity contribution in [2.75, 3.05) is 17.2 Å². The number of anilines is 2. The largest absolute Gasteiger partial charge is 0.399 e. The van der Waals surface area contributed by atoms with Gasteiger partial charge in [-0.05, 0) is 37.6 Å². The van der Waals surface area contributed by atoms with Crippen molar-refractivity contribution in [3.05, 3.63) is 23.8 Å². The van der Waals surface area contributed by atoms with E-state index in [1.54, 1.807) is 0 Å². The summed E-state index contributed by atoms with van der Waals surface area (Å²) in [6.45, 7) is 4.64. The van der Waals surface area contributed by atoms with Crippen LogP contribution in [0.25, 0.3) is 0 Å². The predicted octanol–water partition coefficient (Wildman–Crippen LogP) is 2.39. The Morgan fingerprint density at radius 3 is 2.88 bits per heavy atom. The summed E-state index contributed by atoms with van der Waals surface area (Å²) >= 11 is 0.699. The van der Waals surface area contributed by atoms with Gasteiger partial charge in [0.1, 0.15) is 12.0 Å². The van der Waals surface area contributed by atoms with E-state index >= 15 is 0 Å². The molecule has 0 saturated carbocycles. The smallest absolute Gasteiger partial charge is 0.126 e. The fraction of sp³-hybridized carbons (Fsp3) is 0.273. The summed E-state index contributed by atoms with van der Waals surface area (Å²) in [6, 6.07) is 8.56. The van der Waals surface area contributed by atoms with E-state index in [0.717, 1.165) is 23.5 Å². The van der Waals surface area contributed by atoms with Gasteiger partial charge in [-0.15, -0.1) is 4.33 Å². The molecule has 0 aliphatic heterocycles. The number of hydrogen-bond acceptors (Lipinski definition) is 6. The molecular weight excluding hydrogens is 240 g/mol. The van der Waals surface area contributed by atoms with Crippen molar-refractivity contribution in [1.29, 1.82) is 0 Å². The van der Waals surface area contributed by atoms with Crippen LogP contribution in [-0.4, -0.2) is 11.8 Å². The van der Waals surface area contributed by atoms with Crippen LogP contribution in [0.4, 0.5) is 11.4 Å². The first kappa shape index (κ1) is 13.7. The molecule has 0 aromatic heterocycles. The third-order valence-electron chi connectivity index (χ3n) is 2.17. The van der Waals surface area contributed by atoms with Crippen molar-refractivity contribution in [2.45, 2.75) is 13.8 Å². The molecule has 0 saturated heterocycles. The van der Waals surface area contributed by atoms with Crippen molar-refractivity contribution in [3.8, 4) is 11.3 Å². The van der Waals surface area contributed by atoms with E-state index < -0.39 is 0 Å². The van der Waals surface area contributed by atoms with Crippen LogP contribution in [0, 0.1) is 18.2 Å². The zero-order valence-electron chi connectivity index (χ0n) is 9.64. The Balaban J connectivity index is 2.78. The Labute approximate surface area is 105 Å². The second kappa shape index (κ2) is 7.04. The number of nitrogen functional groups attached to an aromatic ring is 1. The van der Waals surface area contributed by atoms with Crippen molar-refractivity contribution in [1.82, 2.24) is 0 Å². The topological polar surface area (TPSA) is 68.0 Å². The molecule has 0 heterocycles. The van der Waals surface area contributed by atoms with Crippen molar-refractivity contribution in [3.63, 3.8) is 0 Å². The van der Waals surface area contributed by atoms with E-state index in [1.165, 1.54) is 0 Å². The highest BCUT2D eigenvalue weighted by Crippen LogP contribution is 2.20. The van der Waals surface area contributed by atoms with Gasteiger partial charge in [-0.3, -0.25) is 0 Å². The Kier molecular flexibility index (Phi) is 5.66. The minimum absolute atomic E-state index is 0.699. The molecule has 0 aliphatic rings. The first-order valence-electron chi connectivity index (χ1n) is 4.97. The number of hydrogen-bond donors (Lipinski definition) is 2. The standard InChI is InChI=1S/C11H14N2O3S/c1-3-13(6-7-17-16-15-14)10-4-5-11(12)9(2)8-10/h4-5,8,14H,3,12H2,1-2H3. The first-order chi connectivity index (χ1) is 8.19. The Morgan fingerprint density at radius 1 is 1.53 bits per heavy atom. The van der Waals surface area contributed by atoms with E-state index in [4.69, 9.17) is 11.0 Å². The maximum atomic E-state index is 7.93. The van der Waals surface area contributed by atoms with Gasteiger partial charge in [0.15, 0.2) is 0 Å². The number of aryl methyl sites for hydroxylation is 1. The van der Waals surface area contributed by atoms with Gasteiger partial charge in [0, 0.05) is 29.2 Å². The molecule has 0 bridgehead atoms. The van der Waals surface area contributed by atoms with Gasteiger partial charge in [0.25, 0.3) is 0 Å². The van der Waals surface area contributed by atoms with E-state index in [1.807, 2.05) is 36.9 Å².